The Balaban J connectivity index is 1.89. The van der Waals surface area contributed by atoms with Crippen molar-refractivity contribution in [2.75, 3.05) is 14.1 Å². The molecule has 0 aromatic heterocycles. The second kappa shape index (κ2) is 6.71. The van der Waals surface area contributed by atoms with E-state index in [1.807, 2.05) is 12.1 Å². The van der Waals surface area contributed by atoms with Gasteiger partial charge in [0.05, 0.1) is 5.56 Å². The molecule has 0 bridgehead atoms. The highest BCUT2D eigenvalue weighted by molar-refractivity contribution is 6.00. The molecule has 0 radical (unpaired) electrons. The Morgan fingerprint density at radius 3 is 2.65 bits per heavy atom. The third-order valence-electron chi connectivity index (χ3n) is 5.32. The van der Waals surface area contributed by atoms with E-state index in [-0.39, 0.29) is 5.75 Å². The lowest BCUT2D eigenvalue weighted by Crippen LogP contribution is -2.26. The highest BCUT2D eigenvalue weighted by atomic mass is 16.3. The molecule has 2 atom stereocenters. The molecule has 1 aliphatic carbocycles. The maximum absolute atomic E-state index is 11.2. The third-order valence-corrected chi connectivity index (χ3v) is 5.32. The van der Waals surface area contributed by atoms with Gasteiger partial charge in [-0.25, -0.2) is 0 Å². The number of aldehydes is 1. The molecule has 0 amide bonds. The van der Waals surface area contributed by atoms with Gasteiger partial charge >= 0.3 is 0 Å². The minimum absolute atomic E-state index is 0.0588. The molecule has 0 aliphatic heterocycles. The average Bonchev–Trinajstić information content (AvgIpc) is 2.80. The molecule has 122 valence electrons. The number of phenols is 1. The lowest BCUT2D eigenvalue weighted by Gasteiger charge is -2.22. The fraction of sp³-hybridized carbons (Fsp3) is 0.450. The summed E-state index contributed by atoms with van der Waals surface area (Å²) in [4.78, 5) is 13.6. The van der Waals surface area contributed by atoms with Crippen LogP contribution in [0.4, 0.5) is 0 Å². The van der Waals surface area contributed by atoms with Crippen molar-refractivity contribution in [2.45, 2.75) is 44.1 Å². The maximum Gasteiger partial charge on any atom is 0.154 e. The topological polar surface area (TPSA) is 40.5 Å². The molecule has 1 fully saturated rings. The van der Waals surface area contributed by atoms with E-state index in [0.717, 1.165) is 17.1 Å². The zero-order chi connectivity index (χ0) is 16.4. The molecule has 1 aliphatic rings. The van der Waals surface area contributed by atoms with E-state index < -0.39 is 0 Å². The van der Waals surface area contributed by atoms with Gasteiger partial charge in [-0.1, -0.05) is 30.7 Å². The second-order valence-electron chi connectivity index (χ2n) is 6.92. The average molecular weight is 311 g/mol. The maximum atomic E-state index is 11.2. The summed E-state index contributed by atoms with van der Waals surface area (Å²) >= 11 is 0. The first-order valence-electron chi connectivity index (χ1n) is 8.47. The van der Waals surface area contributed by atoms with Crippen molar-refractivity contribution < 1.29 is 9.90 Å². The molecule has 1 N–H and O–H groups in total. The van der Waals surface area contributed by atoms with E-state index in [1.165, 1.54) is 37.7 Å². The summed E-state index contributed by atoms with van der Waals surface area (Å²) in [7, 11) is 4.35. The fourth-order valence-corrected chi connectivity index (χ4v) is 3.87. The molecule has 1 saturated carbocycles. The number of hydrogen-bond donors (Lipinski definition) is 1. The zero-order valence-corrected chi connectivity index (χ0v) is 14.0. The van der Waals surface area contributed by atoms with Gasteiger partial charge in [0.2, 0.25) is 0 Å². The number of carbonyl (C=O) groups is 1. The molecule has 3 nitrogen and oxygen atoms in total. The summed E-state index contributed by atoms with van der Waals surface area (Å²) < 4.78 is 0. The summed E-state index contributed by atoms with van der Waals surface area (Å²) in [5.41, 5.74) is 1.75. The highest BCUT2D eigenvalue weighted by Gasteiger charge is 2.21. The van der Waals surface area contributed by atoms with Gasteiger partial charge in [0.15, 0.2) is 6.29 Å². The minimum Gasteiger partial charge on any atom is -0.507 e. The van der Waals surface area contributed by atoms with Gasteiger partial charge in [-0.3, -0.25) is 4.79 Å². The molecule has 0 spiro atoms. The van der Waals surface area contributed by atoms with Crippen LogP contribution in [0.1, 0.15) is 53.9 Å². The minimum atomic E-state index is 0.0588. The molecule has 0 heterocycles. The molecule has 0 saturated heterocycles. The molecular weight excluding hydrogens is 286 g/mol. The Bertz CT molecular complexity index is 708. The van der Waals surface area contributed by atoms with Crippen LogP contribution in [-0.4, -0.2) is 36.4 Å². The van der Waals surface area contributed by atoms with Crippen LogP contribution < -0.4 is 0 Å². The van der Waals surface area contributed by atoms with Crippen molar-refractivity contribution in [1.29, 1.82) is 0 Å². The van der Waals surface area contributed by atoms with Gasteiger partial charge in [-0.05, 0) is 68.1 Å². The van der Waals surface area contributed by atoms with E-state index in [2.05, 4.69) is 31.1 Å². The fourth-order valence-electron chi connectivity index (χ4n) is 3.87. The van der Waals surface area contributed by atoms with Crippen LogP contribution in [0.25, 0.3) is 10.8 Å². The van der Waals surface area contributed by atoms with E-state index in [0.29, 0.717) is 17.5 Å². The van der Waals surface area contributed by atoms with Crippen molar-refractivity contribution in [3.05, 3.63) is 41.5 Å². The van der Waals surface area contributed by atoms with Gasteiger partial charge < -0.3 is 10.0 Å². The van der Waals surface area contributed by atoms with Crippen LogP contribution >= 0.6 is 0 Å². The number of nitrogens with zero attached hydrogens (tertiary/aromatic N) is 1. The molecule has 3 heteroatoms. The summed E-state index contributed by atoms with van der Waals surface area (Å²) in [5, 5.41) is 11.7. The largest absolute Gasteiger partial charge is 0.507 e. The Hall–Kier alpha value is -1.87. The molecule has 2 aromatic rings. The van der Waals surface area contributed by atoms with Gasteiger partial charge in [-0.15, -0.1) is 0 Å². The first kappa shape index (κ1) is 16.0. The van der Waals surface area contributed by atoms with Crippen molar-refractivity contribution in [1.82, 2.24) is 4.90 Å². The predicted molar refractivity (Wildman–Crippen MR) is 94.3 cm³/mol. The van der Waals surface area contributed by atoms with Gasteiger partial charge in [0.1, 0.15) is 5.75 Å². The van der Waals surface area contributed by atoms with Crippen LogP contribution in [0.15, 0.2) is 30.3 Å². The summed E-state index contributed by atoms with van der Waals surface area (Å²) in [6, 6.07) is 10.5. The highest BCUT2D eigenvalue weighted by Crippen LogP contribution is 2.35. The summed E-state index contributed by atoms with van der Waals surface area (Å²) in [6.45, 7) is 0. The van der Waals surface area contributed by atoms with Crippen molar-refractivity contribution in [2.24, 2.45) is 0 Å². The van der Waals surface area contributed by atoms with Crippen LogP contribution in [-0.2, 0) is 0 Å². The number of carbonyl (C=O) groups excluding carboxylic acids is 1. The number of hydrogen-bond acceptors (Lipinski definition) is 3. The first-order chi connectivity index (χ1) is 11.1. The Kier molecular flexibility index (Phi) is 4.67. The smallest absolute Gasteiger partial charge is 0.154 e. The Morgan fingerprint density at radius 2 is 1.91 bits per heavy atom. The molecular formula is C20H25NO2. The molecule has 3 rings (SSSR count). The van der Waals surface area contributed by atoms with Crippen LogP contribution in [0.5, 0.6) is 5.75 Å². The van der Waals surface area contributed by atoms with E-state index in [4.69, 9.17) is 0 Å². The summed E-state index contributed by atoms with van der Waals surface area (Å²) in [5.74, 6) is 0.654. The normalized spacial score (nSPS) is 22.2. The molecule has 2 unspecified atom stereocenters. The number of phenolic OH excluding ortho intramolecular Hbond substituents is 1. The predicted octanol–water partition coefficient (Wildman–Crippen LogP) is 4.34. The van der Waals surface area contributed by atoms with Crippen LogP contribution in [0.2, 0.25) is 0 Å². The van der Waals surface area contributed by atoms with Gasteiger partial charge in [-0.2, -0.15) is 0 Å². The van der Waals surface area contributed by atoms with Crippen molar-refractivity contribution in [3.8, 4) is 5.75 Å². The Labute approximate surface area is 137 Å². The summed E-state index contributed by atoms with van der Waals surface area (Å²) in [6.07, 6.45) is 6.97. The lowest BCUT2D eigenvalue weighted by atomic mass is 9.89. The van der Waals surface area contributed by atoms with Crippen LogP contribution in [0.3, 0.4) is 0 Å². The van der Waals surface area contributed by atoms with Crippen LogP contribution in [0, 0.1) is 0 Å². The monoisotopic (exact) mass is 311 g/mol. The van der Waals surface area contributed by atoms with Gasteiger partial charge in [0.25, 0.3) is 0 Å². The second-order valence-corrected chi connectivity index (χ2v) is 6.92. The number of benzene rings is 2. The van der Waals surface area contributed by atoms with Crippen molar-refractivity contribution >= 4 is 17.1 Å². The van der Waals surface area contributed by atoms with E-state index in [1.54, 1.807) is 6.07 Å². The standard InChI is InChI=1S/C20H25NO2/c1-21(2)17-5-3-4-14(6-9-17)15-7-10-18-16(12-15)8-11-20(23)19(18)13-22/h7-8,10-14,17,23H,3-6,9H2,1-2H3. The lowest BCUT2D eigenvalue weighted by molar-refractivity contribution is 0.112. The molecule has 2 aromatic carbocycles. The molecule has 23 heavy (non-hydrogen) atoms. The number of fused-ring (bicyclic) bond motifs is 1. The zero-order valence-electron chi connectivity index (χ0n) is 14.0. The van der Waals surface area contributed by atoms with Crippen molar-refractivity contribution in [3.63, 3.8) is 0 Å². The van der Waals surface area contributed by atoms with Gasteiger partial charge in [0, 0.05) is 6.04 Å². The first-order valence-corrected chi connectivity index (χ1v) is 8.47. The number of aromatic hydroxyl groups is 1. The quantitative estimate of drug-likeness (QED) is 0.677. The third kappa shape index (κ3) is 3.25. The SMILES string of the molecule is CN(C)C1CCCC(c2ccc3c(C=O)c(O)ccc3c2)CC1. The Morgan fingerprint density at radius 1 is 1.09 bits per heavy atom. The van der Waals surface area contributed by atoms with E-state index >= 15 is 0 Å². The number of rotatable bonds is 3. The van der Waals surface area contributed by atoms with E-state index in [9.17, 15) is 9.90 Å².